The minimum atomic E-state index is -0.868. The van der Waals surface area contributed by atoms with Gasteiger partial charge < -0.3 is 15.3 Å². The average molecular weight is 284 g/mol. The van der Waals surface area contributed by atoms with Crippen molar-refractivity contribution in [2.45, 2.75) is 34.1 Å². The van der Waals surface area contributed by atoms with Gasteiger partial charge >= 0.3 is 5.97 Å². The fourth-order valence-electron chi connectivity index (χ4n) is 2.27. The Morgan fingerprint density at radius 3 is 2.35 bits per heavy atom. The first-order valence-corrected chi connectivity index (χ1v) is 6.90. The quantitative estimate of drug-likeness (QED) is 0.799. The molecule has 1 saturated heterocycles. The van der Waals surface area contributed by atoms with Crippen molar-refractivity contribution in [3.8, 4) is 0 Å². The Morgan fingerprint density at radius 1 is 1.25 bits per heavy atom. The molecule has 0 bridgehead atoms. The molecule has 1 aliphatic rings. The second kappa shape index (κ2) is 6.24. The molecular formula is C14H24N2O4. The Hall–Kier alpha value is -1.59. The first kappa shape index (κ1) is 16.5. The van der Waals surface area contributed by atoms with Crippen molar-refractivity contribution in [1.82, 2.24) is 10.2 Å². The number of nitrogens with zero attached hydrogens (tertiary/aromatic N) is 1. The molecule has 0 aromatic heterocycles. The van der Waals surface area contributed by atoms with Crippen molar-refractivity contribution in [2.24, 2.45) is 17.3 Å². The van der Waals surface area contributed by atoms with Gasteiger partial charge in [0.05, 0.1) is 12.5 Å². The summed E-state index contributed by atoms with van der Waals surface area (Å²) < 4.78 is 0. The van der Waals surface area contributed by atoms with Crippen molar-refractivity contribution >= 4 is 17.8 Å². The molecule has 0 aliphatic carbocycles. The summed E-state index contributed by atoms with van der Waals surface area (Å²) in [5.41, 5.74) is -0.543. The van der Waals surface area contributed by atoms with Crippen LogP contribution in [0.3, 0.4) is 0 Å². The summed E-state index contributed by atoms with van der Waals surface area (Å²) in [6, 6.07) is 0. The molecule has 6 heteroatoms. The van der Waals surface area contributed by atoms with E-state index < -0.39 is 17.3 Å². The van der Waals surface area contributed by atoms with Gasteiger partial charge in [-0.05, 0) is 12.3 Å². The van der Waals surface area contributed by atoms with Gasteiger partial charge in [-0.3, -0.25) is 14.4 Å². The summed E-state index contributed by atoms with van der Waals surface area (Å²) in [7, 11) is 0. The smallest absolute Gasteiger partial charge is 0.308 e. The SMILES string of the molecule is CC1CC(C(=O)O)CN(C(=O)CNC(=O)C(C)(C)C)C1. The summed E-state index contributed by atoms with van der Waals surface area (Å²) in [5.74, 6) is -1.63. The second-order valence-corrected chi connectivity index (χ2v) is 6.61. The van der Waals surface area contributed by atoms with Crippen molar-refractivity contribution in [3.05, 3.63) is 0 Å². The van der Waals surface area contributed by atoms with Crippen LogP contribution in [0.4, 0.5) is 0 Å². The third kappa shape index (κ3) is 4.51. The normalized spacial score (nSPS) is 23.3. The molecule has 2 unspecified atom stereocenters. The molecule has 0 spiro atoms. The molecule has 0 saturated carbocycles. The lowest BCUT2D eigenvalue weighted by Gasteiger charge is -2.34. The lowest BCUT2D eigenvalue weighted by Crippen LogP contribution is -2.49. The number of nitrogens with one attached hydrogen (secondary N) is 1. The number of aliphatic carboxylic acids is 1. The van der Waals surface area contributed by atoms with Crippen LogP contribution in [-0.4, -0.2) is 47.4 Å². The number of amides is 2. The molecule has 20 heavy (non-hydrogen) atoms. The summed E-state index contributed by atoms with van der Waals surface area (Å²) in [5, 5.41) is 11.7. The number of piperidine rings is 1. The zero-order chi connectivity index (χ0) is 15.5. The van der Waals surface area contributed by atoms with Crippen molar-refractivity contribution < 1.29 is 19.5 Å². The number of likely N-dealkylation sites (tertiary alicyclic amines) is 1. The molecule has 1 heterocycles. The number of rotatable bonds is 3. The fraction of sp³-hybridized carbons (Fsp3) is 0.786. The minimum Gasteiger partial charge on any atom is -0.481 e. The van der Waals surface area contributed by atoms with Crippen molar-refractivity contribution in [3.63, 3.8) is 0 Å². The fourth-order valence-corrected chi connectivity index (χ4v) is 2.27. The van der Waals surface area contributed by atoms with E-state index in [0.29, 0.717) is 13.0 Å². The summed E-state index contributed by atoms with van der Waals surface area (Å²) in [6.07, 6.45) is 0.591. The number of hydrogen-bond acceptors (Lipinski definition) is 3. The number of carbonyl (C=O) groups is 3. The van der Waals surface area contributed by atoms with Gasteiger partial charge in [0.2, 0.25) is 11.8 Å². The van der Waals surface area contributed by atoms with E-state index in [1.54, 1.807) is 20.8 Å². The Morgan fingerprint density at radius 2 is 1.85 bits per heavy atom. The first-order valence-electron chi connectivity index (χ1n) is 6.90. The molecule has 6 nitrogen and oxygen atoms in total. The molecule has 2 N–H and O–H groups in total. The molecule has 0 aromatic rings. The van der Waals surface area contributed by atoms with Gasteiger partial charge in [-0.15, -0.1) is 0 Å². The van der Waals surface area contributed by atoms with Gasteiger partial charge in [0, 0.05) is 18.5 Å². The second-order valence-electron chi connectivity index (χ2n) is 6.61. The Balaban J connectivity index is 2.54. The number of carbonyl (C=O) groups excluding carboxylic acids is 2. The zero-order valence-electron chi connectivity index (χ0n) is 12.6. The van der Waals surface area contributed by atoms with Crippen LogP contribution in [0, 0.1) is 17.3 Å². The van der Waals surface area contributed by atoms with Crippen LogP contribution in [-0.2, 0) is 14.4 Å². The predicted molar refractivity (Wildman–Crippen MR) is 74.0 cm³/mol. The maximum absolute atomic E-state index is 12.1. The zero-order valence-corrected chi connectivity index (χ0v) is 12.6. The molecule has 2 amide bonds. The molecule has 1 aliphatic heterocycles. The summed E-state index contributed by atoms with van der Waals surface area (Å²) >= 11 is 0. The Labute approximate surface area is 119 Å². The van der Waals surface area contributed by atoms with Crippen LogP contribution in [0.1, 0.15) is 34.1 Å². The van der Waals surface area contributed by atoms with Gasteiger partial charge in [0.1, 0.15) is 0 Å². The number of carboxylic acid groups (broad SMARTS) is 1. The Bertz CT molecular complexity index is 400. The van der Waals surface area contributed by atoms with E-state index >= 15 is 0 Å². The lowest BCUT2D eigenvalue weighted by molar-refractivity contribution is -0.147. The van der Waals surface area contributed by atoms with Crippen LogP contribution in [0.5, 0.6) is 0 Å². The maximum atomic E-state index is 12.1. The molecule has 0 radical (unpaired) electrons. The highest BCUT2D eigenvalue weighted by molar-refractivity contribution is 5.87. The maximum Gasteiger partial charge on any atom is 0.308 e. The predicted octanol–water partition coefficient (Wildman–Crippen LogP) is 0.718. The summed E-state index contributed by atoms with van der Waals surface area (Å²) in [4.78, 5) is 36.4. The van der Waals surface area contributed by atoms with E-state index in [1.165, 1.54) is 4.90 Å². The largest absolute Gasteiger partial charge is 0.481 e. The highest BCUT2D eigenvalue weighted by Crippen LogP contribution is 2.21. The van der Waals surface area contributed by atoms with Crippen molar-refractivity contribution in [2.75, 3.05) is 19.6 Å². The molecule has 114 valence electrons. The molecule has 0 aromatic carbocycles. The molecule has 2 atom stereocenters. The number of carboxylic acids is 1. The van der Waals surface area contributed by atoms with Gasteiger partial charge in [-0.2, -0.15) is 0 Å². The lowest BCUT2D eigenvalue weighted by atomic mass is 9.90. The topological polar surface area (TPSA) is 86.7 Å². The summed E-state index contributed by atoms with van der Waals surface area (Å²) in [6.45, 7) is 7.96. The van der Waals surface area contributed by atoms with Gasteiger partial charge in [-0.25, -0.2) is 0 Å². The highest BCUT2D eigenvalue weighted by Gasteiger charge is 2.32. The average Bonchev–Trinajstić information content (AvgIpc) is 2.33. The minimum absolute atomic E-state index is 0.0742. The van der Waals surface area contributed by atoms with Crippen LogP contribution in [0.2, 0.25) is 0 Å². The van der Waals surface area contributed by atoms with Crippen LogP contribution in [0.25, 0.3) is 0 Å². The highest BCUT2D eigenvalue weighted by atomic mass is 16.4. The molecule has 1 rings (SSSR count). The monoisotopic (exact) mass is 284 g/mol. The van der Waals surface area contributed by atoms with E-state index in [9.17, 15) is 14.4 Å². The Kier molecular flexibility index (Phi) is 5.14. The van der Waals surface area contributed by atoms with E-state index in [2.05, 4.69) is 5.32 Å². The van der Waals surface area contributed by atoms with Crippen LogP contribution >= 0.6 is 0 Å². The van der Waals surface area contributed by atoms with E-state index in [0.717, 1.165) is 0 Å². The molecule has 1 fully saturated rings. The third-order valence-corrected chi connectivity index (χ3v) is 3.44. The van der Waals surface area contributed by atoms with Crippen LogP contribution < -0.4 is 5.32 Å². The standard InChI is InChI=1S/C14H24N2O4/c1-9-5-10(12(18)19)8-16(7-9)11(17)6-15-13(20)14(2,3)4/h9-10H,5-8H2,1-4H3,(H,15,20)(H,18,19). The van der Waals surface area contributed by atoms with E-state index in [1.807, 2.05) is 6.92 Å². The third-order valence-electron chi connectivity index (χ3n) is 3.44. The van der Waals surface area contributed by atoms with Gasteiger partial charge in [0.15, 0.2) is 0 Å². The van der Waals surface area contributed by atoms with Crippen molar-refractivity contribution in [1.29, 1.82) is 0 Å². The van der Waals surface area contributed by atoms with Crippen LogP contribution in [0.15, 0.2) is 0 Å². The first-order chi connectivity index (χ1) is 9.11. The van der Waals surface area contributed by atoms with E-state index in [4.69, 9.17) is 5.11 Å². The number of hydrogen-bond donors (Lipinski definition) is 2. The molecular weight excluding hydrogens is 260 g/mol. The van der Waals surface area contributed by atoms with Gasteiger partial charge in [-0.1, -0.05) is 27.7 Å². The van der Waals surface area contributed by atoms with E-state index in [-0.39, 0.29) is 30.8 Å². The van der Waals surface area contributed by atoms with Gasteiger partial charge in [0.25, 0.3) is 0 Å².